The van der Waals surface area contributed by atoms with E-state index in [4.69, 9.17) is 9.73 Å². The molecule has 0 spiro atoms. The molecule has 4 rings (SSSR count). The molecule has 3 aromatic carbocycles. The van der Waals surface area contributed by atoms with Gasteiger partial charge < -0.3 is 10.1 Å². The molecule has 1 N–H and O–H groups in total. The summed E-state index contributed by atoms with van der Waals surface area (Å²) < 4.78 is 5.59. The van der Waals surface area contributed by atoms with E-state index in [0.29, 0.717) is 39.3 Å². The zero-order chi connectivity index (χ0) is 25.7. The first-order valence-electron chi connectivity index (χ1n) is 11.5. The van der Waals surface area contributed by atoms with Crippen LogP contribution in [0.5, 0.6) is 0 Å². The number of amides is 1. The maximum atomic E-state index is 12.7. The first kappa shape index (κ1) is 24.4. The van der Waals surface area contributed by atoms with Crippen molar-refractivity contribution in [2.24, 2.45) is 10.4 Å². The fourth-order valence-corrected chi connectivity index (χ4v) is 3.55. The van der Waals surface area contributed by atoms with Crippen LogP contribution < -0.4 is 5.32 Å². The number of nitrogens with zero attached hydrogens (tertiary/aromatic N) is 2. The van der Waals surface area contributed by atoms with Crippen LogP contribution in [0, 0.1) is 28.6 Å². The van der Waals surface area contributed by atoms with Crippen molar-refractivity contribution in [3.8, 4) is 17.9 Å². The summed E-state index contributed by atoms with van der Waals surface area (Å²) in [5, 5.41) is 12.2. The summed E-state index contributed by atoms with van der Waals surface area (Å²) in [4.78, 5) is 29.9. The minimum Gasteiger partial charge on any atom is -0.460 e. The Bertz CT molecular complexity index is 1460. The first-order valence-corrected chi connectivity index (χ1v) is 11.5. The molecule has 1 heterocycles. The Balaban J connectivity index is 1.79. The smallest absolute Gasteiger partial charge is 0.311 e. The van der Waals surface area contributed by atoms with Crippen LogP contribution in [0.25, 0.3) is 0 Å². The van der Waals surface area contributed by atoms with Crippen molar-refractivity contribution in [1.82, 2.24) is 0 Å². The minimum atomic E-state index is -0.646. The number of esters is 1. The summed E-state index contributed by atoms with van der Waals surface area (Å²) in [6, 6.07) is 22.2. The zero-order valence-corrected chi connectivity index (χ0v) is 20.4. The molecule has 36 heavy (non-hydrogen) atoms. The van der Waals surface area contributed by atoms with E-state index in [2.05, 4.69) is 23.2 Å². The lowest BCUT2D eigenvalue weighted by Crippen LogP contribution is -2.22. The Hall–Kier alpha value is -4.68. The number of nitrogens with one attached hydrogen (secondary N) is 1. The van der Waals surface area contributed by atoms with E-state index in [1.54, 1.807) is 51.1 Å². The van der Waals surface area contributed by atoms with Crippen LogP contribution >= 0.6 is 0 Å². The van der Waals surface area contributed by atoms with Gasteiger partial charge in [0.25, 0.3) is 0 Å². The van der Waals surface area contributed by atoms with E-state index < -0.39 is 5.41 Å². The monoisotopic (exact) mass is 475 g/mol. The maximum absolute atomic E-state index is 12.7. The number of hydrogen-bond donors (Lipinski definition) is 1. The van der Waals surface area contributed by atoms with Crippen LogP contribution in [-0.2, 0) is 20.9 Å². The van der Waals surface area contributed by atoms with Crippen LogP contribution in [0.1, 0.15) is 55.0 Å². The zero-order valence-electron chi connectivity index (χ0n) is 20.4. The number of carbonyl (C=O) groups excluding carboxylic acids is 2. The van der Waals surface area contributed by atoms with Crippen LogP contribution in [0.15, 0.2) is 71.7 Å². The molecule has 0 unspecified atom stereocenters. The number of carbonyl (C=O) groups is 2. The molecule has 0 radical (unpaired) electrons. The first-order chi connectivity index (χ1) is 17.2. The summed E-state index contributed by atoms with van der Waals surface area (Å²) in [6.07, 6.45) is 0.0585. The van der Waals surface area contributed by atoms with Gasteiger partial charge in [-0.1, -0.05) is 42.2 Å². The van der Waals surface area contributed by atoms with Gasteiger partial charge in [-0.2, -0.15) is 5.26 Å². The topological polar surface area (TPSA) is 91.5 Å². The summed E-state index contributed by atoms with van der Waals surface area (Å²) in [5.41, 5.74) is 4.29. The molecule has 178 valence electrons. The molecule has 6 heteroatoms. The molecular formula is C30H25N3O3. The van der Waals surface area contributed by atoms with Crippen molar-refractivity contribution in [1.29, 1.82) is 5.26 Å². The van der Waals surface area contributed by atoms with E-state index in [1.165, 1.54) is 0 Å². The van der Waals surface area contributed by atoms with E-state index in [-0.39, 0.29) is 24.9 Å². The van der Waals surface area contributed by atoms with Crippen molar-refractivity contribution in [2.45, 2.75) is 33.8 Å². The van der Waals surface area contributed by atoms with E-state index in [9.17, 15) is 14.9 Å². The number of anilines is 1. The molecule has 0 saturated heterocycles. The molecule has 1 aliphatic rings. The molecule has 0 saturated carbocycles. The van der Waals surface area contributed by atoms with Crippen LogP contribution in [0.3, 0.4) is 0 Å². The molecular weight excluding hydrogens is 450 g/mol. The highest BCUT2D eigenvalue weighted by Crippen LogP contribution is 2.33. The van der Waals surface area contributed by atoms with Crippen molar-refractivity contribution in [2.75, 3.05) is 5.32 Å². The lowest BCUT2D eigenvalue weighted by atomic mass is 9.97. The molecule has 1 aliphatic heterocycles. The third-order valence-corrected chi connectivity index (χ3v) is 5.49. The quantitative estimate of drug-likeness (QED) is 0.399. The van der Waals surface area contributed by atoms with E-state index in [0.717, 1.165) is 5.56 Å². The summed E-state index contributed by atoms with van der Waals surface area (Å²) in [6.45, 7) is 5.41. The number of benzene rings is 3. The summed E-state index contributed by atoms with van der Waals surface area (Å²) >= 11 is 0. The van der Waals surface area contributed by atoms with E-state index >= 15 is 0 Å². The average Bonchev–Trinajstić information content (AvgIpc) is 3.03. The Morgan fingerprint density at radius 3 is 2.50 bits per heavy atom. The highest BCUT2D eigenvalue weighted by Gasteiger charge is 2.24. The molecule has 0 aliphatic carbocycles. The van der Waals surface area contributed by atoms with Gasteiger partial charge in [0, 0.05) is 16.7 Å². The SMILES string of the molecule is CC(C)(C)C(=O)OCc1cc2c(cc1C#Cc1ccccc1)NC(=O)CC(c1cccc(C#N)c1)=N2. The molecule has 0 aromatic heterocycles. The Morgan fingerprint density at radius 1 is 1.03 bits per heavy atom. The molecule has 3 aromatic rings. The number of hydrogen-bond acceptors (Lipinski definition) is 5. The number of ether oxygens (including phenoxy) is 1. The van der Waals surface area contributed by atoms with Crippen molar-refractivity contribution in [3.63, 3.8) is 0 Å². The lowest BCUT2D eigenvalue weighted by molar-refractivity contribution is -0.154. The fraction of sp³-hybridized carbons (Fsp3) is 0.200. The van der Waals surface area contributed by atoms with Crippen LogP contribution in [-0.4, -0.2) is 17.6 Å². The van der Waals surface area contributed by atoms with Crippen molar-refractivity contribution < 1.29 is 14.3 Å². The second-order valence-electron chi connectivity index (χ2n) is 9.44. The number of aliphatic imine (C=N–C) groups is 1. The van der Waals surface area contributed by atoms with Gasteiger partial charge in [-0.25, -0.2) is 0 Å². The van der Waals surface area contributed by atoms with Crippen LogP contribution in [0.2, 0.25) is 0 Å². The summed E-state index contributed by atoms with van der Waals surface area (Å²) in [5.74, 6) is 5.74. The minimum absolute atomic E-state index is 0.0188. The van der Waals surface area contributed by atoms with Gasteiger partial charge in [-0.3, -0.25) is 14.6 Å². The van der Waals surface area contributed by atoms with Gasteiger partial charge in [-0.05, 0) is 62.7 Å². The fourth-order valence-electron chi connectivity index (χ4n) is 3.55. The second-order valence-corrected chi connectivity index (χ2v) is 9.44. The third-order valence-electron chi connectivity index (χ3n) is 5.49. The third kappa shape index (κ3) is 5.87. The Kier molecular flexibility index (Phi) is 6.99. The molecule has 0 bridgehead atoms. The van der Waals surface area contributed by atoms with Gasteiger partial charge in [0.2, 0.25) is 5.91 Å². The number of rotatable bonds is 3. The Labute approximate surface area is 210 Å². The second kappa shape index (κ2) is 10.3. The average molecular weight is 476 g/mol. The van der Waals surface area contributed by atoms with Gasteiger partial charge in [0.15, 0.2) is 0 Å². The standard InChI is InChI=1S/C30H25N3O3/c1-30(2,3)29(35)36-19-24-16-26-27(15-22(24)13-12-20-8-5-4-6-9-20)33-28(34)17-25(32-26)23-11-7-10-21(14-23)18-31/h4-11,14-16H,17,19H2,1-3H3,(H,33,34). The van der Waals surface area contributed by atoms with Gasteiger partial charge in [-0.15, -0.1) is 0 Å². The van der Waals surface area contributed by atoms with Crippen LogP contribution in [0.4, 0.5) is 11.4 Å². The largest absolute Gasteiger partial charge is 0.460 e. The summed E-state index contributed by atoms with van der Waals surface area (Å²) in [7, 11) is 0. The maximum Gasteiger partial charge on any atom is 0.311 e. The Morgan fingerprint density at radius 2 is 1.78 bits per heavy atom. The highest BCUT2D eigenvalue weighted by atomic mass is 16.5. The normalized spacial score (nSPS) is 12.6. The van der Waals surface area contributed by atoms with Crippen molar-refractivity contribution >= 4 is 29.0 Å². The molecule has 0 atom stereocenters. The highest BCUT2D eigenvalue weighted by molar-refractivity contribution is 6.17. The van der Waals surface area contributed by atoms with Gasteiger partial charge in [0.05, 0.1) is 40.6 Å². The molecule has 1 amide bonds. The van der Waals surface area contributed by atoms with Gasteiger partial charge in [0.1, 0.15) is 6.61 Å². The number of nitriles is 1. The van der Waals surface area contributed by atoms with Gasteiger partial charge >= 0.3 is 5.97 Å². The predicted molar refractivity (Wildman–Crippen MR) is 139 cm³/mol. The predicted octanol–water partition coefficient (Wildman–Crippen LogP) is 5.51. The number of fused-ring (bicyclic) bond motifs is 1. The molecule has 0 fully saturated rings. The molecule has 6 nitrogen and oxygen atoms in total. The van der Waals surface area contributed by atoms with E-state index in [1.807, 2.05) is 36.4 Å². The van der Waals surface area contributed by atoms with Crippen molar-refractivity contribution in [3.05, 3.63) is 94.5 Å². The lowest BCUT2D eigenvalue weighted by Gasteiger charge is -2.17.